The van der Waals surface area contributed by atoms with E-state index in [-0.39, 0.29) is 11.4 Å². The van der Waals surface area contributed by atoms with Gasteiger partial charge in [-0.3, -0.25) is 0 Å². The second-order valence-corrected chi connectivity index (χ2v) is 2.61. The van der Waals surface area contributed by atoms with E-state index in [0.29, 0.717) is 0 Å². The Balaban J connectivity index is 3.54. The van der Waals surface area contributed by atoms with Crippen molar-refractivity contribution in [2.45, 2.75) is 18.3 Å². The molecule has 2 nitrogen and oxygen atoms in total. The van der Waals surface area contributed by atoms with E-state index in [1.807, 2.05) is 22.6 Å². The normalized spacial score (nSPS) is 16.4. The predicted octanol–water partition coefficient (Wildman–Crippen LogP) is -2.79. The summed E-state index contributed by atoms with van der Waals surface area (Å²) in [4.78, 5) is 0. The Kier molecular flexibility index (Phi) is 1.90. The number of rotatable bonds is 1. The largest absolute Gasteiger partial charge is 0.339 e. The first-order chi connectivity index (χ1) is 2.94. The monoisotopic (exact) mass is 98.1 g/mol. The maximum Gasteiger partial charge on any atom is 0.118 e. The maximum absolute atomic E-state index is 5.55. The molecule has 0 aromatic heterocycles. The zero-order chi connectivity index (χ0) is 6.08. The fraction of sp³-hybridized carbons (Fsp3) is 1.00. The lowest BCUT2D eigenvalue weighted by Crippen LogP contribution is -2.54. The summed E-state index contributed by atoms with van der Waals surface area (Å²) in [5, 5.41) is -0.222. The van der Waals surface area contributed by atoms with E-state index in [4.69, 9.17) is 11.5 Å². The van der Waals surface area contributed by atoms with E-state index in [1.165, 1.54) is 0 Å². The standard InChI is InChI=1S/C3H12B2N2/c1-2(6)3(4,5)7/h2H,4-7H2,1H3. The van der Waals surface area contributed by atoms with Crippen molar-refractivity contribution in [1.82, 2.24) is 0 Å². The zero-order valence-electron chi connectivity index (χ0n) is 5.23. The van der Waals surface area contributed by atoms with E-state index < -0.39 is 0 Å². The van der Waals surface area contributed by atoms with E-state index in [0.717, 1.165) is 0 Å². The molecule has 0 aliphatic rings. The highest BCUT2D eigenvalue weighted by Crippen LogP contribution is 1.88. The summed E-state index contributed by atoms with van der Waals surface area (Å²) in [5.41, 5.74) is 11.0. The van der Waals surface area contributed by atoms with Gasteiger partial charge in [-0.2, -0.15) is 0 Å². The summed E-state index contributed by atoms with van der Waals surface area (Å²) in [6.45, 7) is 1.90. The predicted molar refractivity (Wildman–Crippen MR) is 37.7 cm³/mol. The van der Waals surface area contributed by atoms with Crippen LogP contribution in [-0.2, 0) is 0 Å². The van der Waals surface area contributed by atoms with Gasteiger partial charge >= 0.3 is 0 Å². The molecule has 0 amide bonds. The third kappa shape index (κ3) is 2.71. The van der Waals surface area contributed by atoms with E-state index in [2.05, 4.69) is 0 Å². The Morgan fingerprint density at radius 1 is 1.57 bits per heavy atom. The molecule has 1 unspecified atom stereocenters. The molecule has 0 rings (SSSR count). The molecule has 0 aromatic carbocycles. The first-order valence-corrected chi connectivity index (χ1v) is 2.49. The minimum absolute atomic E-state index is 0.0764. The Morgan fingerprint density at radius 2 is 1.71 bits per heavy atom. The highest BCUT2D eigenvalue weighted by molar-refractivity contribution is 6.40. The Labute approximate surface area is 46.5 Å². The van der Waals surface area contributed by atoms with Crippen LogP contribution in [0.5, 0.6) is 0 Å². The molecule has 0 aliphatic carbocycles. The molecular weight excluding hydrogens is 85.7 g/mol. The van der Waals surface area contributed by atoms with Crippen LogP contribution < -0.4 is 11.5 Å². The molecule has 1 atom stereocenters. The molecule has 0 bridgehead atoms. The first-order valence-electron chi connectivity index (χ1n) is 2.49. The van der Waals surface area contributed by atoms with E-state index >= 15 is 0 Å². The van der Waals surface area contributed by atoms with Crippen molar-refractivity contribution in [3.8, 4) is 0 Å². The molecule has 0 aromatic rings. The second-order valence-electron chi connectivity index (χ2n) is 2.61. The zero-order valence-corrected chi connectivity index (χ0v) is 5.23. The molecule has 0 spiro atoms. The molecule has 4 N–H and O–H groups in total. The molecule has 0 fully saturated rings. The van der Waals surface area contributed by atoms with Crippen LogP contribution in [0, 0.1) is 0 Å². The average Bonchev–Trinajstić information content (AvgIpc) is 1.31. The summed E-state index contributed by atoms with van der Waals surface area (Å²) in [6, 6.07) is 0.0764. The first kappa shape index (κ1) is 7.05. The topological polar surface area (TPSA) is 52.0 Å². The van der Waals surface area contributed by atoms with E-state index in [9.17, 15) is 0 Å². The number of nitrogens with two attached hydrogens (primary N) is 2. The van der Waals surface area contributed by atoms with E-state index in [1.54, 1.807) is 0 Å². The van der Waals surface area contributed by atoms with Gasteiger partial charge in [-0.25, -0.2) is 0 Å². The van der Waals surface area contributed by atoms with Crippen molar-refractivity contribution in [3.05, 3.63) is 0 Å². The molecule has 40 valence electrons. The molecule has 0 aliphatic heterocycles. The average molecular weight is 97.8 g/mol. The van der Waals surface area contributed by atoms with Crippen LogP contribution in [0.3, 0.4) is 0 Å². The van der Waals surface area contributed by atoms with Gasteiger partial charge in [0.05, 0.1) is 0 Å². The lowest BCUT2D eigenvalue weighted by atomic mass is 9.59. The van der Waals surface area contributed by atoms with Crippen molar-refractivity contribution in [3.63, 3.8) is 0 Å². The van der Waals surface area contributed by atoms with Gasteiger partial charge in [0.15, 0.2) is 0 Å². The van der Waals surface area contributed by atoms with Crippen molar-refractivity contribution >= 4 is 15.7 Å². The van der Waals surface area contributed by atoms with Crippen molar-refractivity contribution in [2.75, 3.05) is 0 Å². The molecule has 7 heavy (non-hydrogen) atoms. The van der Waals surface area contributed by atoms with Crippen LogP contribution in [0.2, 0.25) is 0 Å². The Morgan fingerprint density at radius 3 is 1.71 bits per heavy atom. The molecular formula is C3H12B2N2. The van der Waals surface area contributed by atoms with Gasteiger partial charge in [0.2, 0.25) is 0 Å². The van der Waals surface area contributed by atoms with Crippen molar-refractivity contribution < 1.29 is 0 Å². The molecule has 0 saturated carbocycles. The van der Waals surface area contributed by atoms with Gasteiger partial charge < -0.3 is 11.5 Å². The lowest BCUT2D eigenvalue weighted by molar-refractivity contribution is 0.646. The molecule has 0 radical (unpaired) electrons. The summed E-state index contributed by atoms with van der Waals surface area (Å²) in [6.07, 6.45) is 0. The van der Waals surface area contributed by atoms with Gasteiger partial charge in [0, 0.05) is 6.04 Å². The summed E-state index contributed by atoms with van der Waals surface area (Å²) in [7, 11) is 3.83. The summed E-state index contributed by atoms with van der Waals surface area (Å²) >= 11 is 0. The fourth-order valence-corrected chi connectivity index (χ4v) is 0. The van der Waals surface area contributed by atoms with Crippen LogP contribution in [0.25, 0.3) is 0 Å². The van der Waals surface area contributed by atoms with Crippen LogP contribution in [-0.4, -0.2) is 27.1 Å². The maximum atomic E-state index is 5.55. The smallest absolute Gasteiger partial charge is 0.118 e. The number of hydrogen-bond donors (Lipinski definition) is 2. The summed E-state index contributed by atoms with van der Waals surface area (Å²) < 4.78 is 0. The van der Waals surface area contributed by atoms with Gasteiger partial charge in [0.1, 0.15) is 15.7 Å². The Bertz CT molecular complexity index is 56.4. The minimum atomic E-state index is -0.222. The highest BCUT2D eigenvalue weighted by atomic mass is 14.8. The van der Waals surface area contributed by atoms with Gasteiger partial charge in [-0.15, -0.1) is 0 Å². The SMILES string of the molecule is BC(B)(N)C(C)N. The lowest BCUT2D eigenvalue weighted by Gasteiger charge is -2.22. The second kappa shape index (κ2) is 1.88. The highest BCUT2D eigenvalue weighted by Gasteiger charge is 2.15. The van der Waals surface area contributed by atoms with Gasteiger partial charge in [-0.05, 0) is 12.3 Å². The molecule has 4 heteroatoms. The molecule has 0 heterocycles. The van der Waals surface area contributed by atoms with Crippen LogP contribution in [0.4, 0.5) is 0 Å². The third-order valence-electron chi connectivity index (χ3n) is 1.17. The summed E-state index contributed by atoms with van der Waals surface area (Å²) in [5.74, 6) is 0. The van der Waals surface area contributed by atoms with Crippen LogP contribution in [0.15, 0.2) is 0 Å². The van der Waals surface area contributed by atoms with Gasteiger partial charge in [-0.1, -0.05) is 0 Å². The minimum Gasteiger partial charge on any atom is -0.339 e. The van der Waals surface area contributed by atoms with Crippen LogP contribution in [0.1, 0.15) is 6.92 Å². The van der Waals surface area contributed by atoms with Crippen molar-refractivity contribution in [2.24, 2.45) is 11.5 Å². The van der Waals surface area contributed by atoms with Crippen molar-refractivity contribution in [1.29, 1.82) is 0 Å². The van der Waals surface area contributed by atoms with Crippen LogP contribution >= 0.6 is 0 Å². The quantitative estimate of drug-likeness (QED) is 0.348. The third-order valence-corrected chi connectivity index (χ3v) is 1.17. The number of hydrogen-bond acceptors (Lipinski definition) is 2. The Hall–Kier alpha value is 0.0499. The fourth-order valence-electron chi connectivity index (χ4n) is 0. The molecule has 0 saturated heterocycles. The van der Waals surface area contributed by atoms with Gasteiger partial charge in [0.25, 0.3) is 0 Å².